The second kappa shape index (κ2) is 8.58. The molecule has 3 aromatic rings. The molecule has 1 aliphatic rings. The van der Waals surface area contributed by atoms with Crippen LogP contribution in [0.2, 0.25) is 0 Å². The number of anilines is 1. The molecule has 2 aromatic heterocycles. The number of thioether (sulfide) groups is 1. The van der Waals surface area contributed by atoms with Gasteiger partial charge in [-0.1, -0.05) is 13.8 Å². The average molecular weight is 426 g/mol. The quantitative estimate of drug-likeness (QED) is 0.443. The van der Waals surface area contributed by atoms with Crippen LogP contribution in [-0.4, -0.2) is 37.9 Å². The number of fused-ring (bicyclic) bond motifs is 2. The molecule has 0 saturated heterocycles. The van der Waals surface area contributed by atoms with Gasteiger partial charge in [-0.05, 0) is 42.6 Å². The average Bonchev–Trinajstić information content (AvgIpc) is 3.29. The SMILES string of the molecule is CC(C)NCCCn1c(Cc2cc3c(cc2C#N)CCS3)nc2c(N)nc(F)nc21. The van der Waals surface area contributed by atoms with Gasteiger partial charge in [0.25, 0.3) is 0 Å². The fourth-order valence-corrected chi connectivity index (χ4v) is 4.84. The minimum atomic E-state index is -0.861. The molecule has 30 heavy (non-hydrogen) atoms. The van der Waals surface area contributed by atoms with Crippen LogP contribution in [0.3, 0.4) is 0 Å². The second-order valence-electron chi connectivity index (χ2n) is 7.70. The predicted molar refractivity (Wildman–Crippen MR) is 116 cm³/mol. The van der Waals surface area contributed by atoms with Crippen molar-refractivity contribution >= 4 is 28.7 Å². The van der Waals surface area contributed by atoms with Crippen molar-refractivity contribution in [2.45, 2.75) is 50.6 Å². The molecule has 0 bridgehead atoms. The molecule has 0 radical (unpaired) electrons. The van der Waals surface area contributed by atoms with E-state index < -0.39 is 6.08 Å². The van der Waals surface area contributed by atoms with Gasteiger partial charge in [-0.2, -0.15) is 19.6 Å². The van der Waals surface area contributed by atoms with Crippen molar-refractivity contribution in [3.8, 4) is 6.07 Å². The number of nitrogen functional groups attached to an aromatic ring is 1. The summed E-state index contributed by atoms with van der Waals surface area (Å²) in [4.78, 5) is 13.4. The molecule has 9 heteroatoms. The fraction of sp³-hybridized carbons (Fsp3) is 0.429. The Hall–Kier alpha value is -2.70. The second-order valence-corrected chi connectivity index (χ2v) is 8.83. The molecule has 0 amide bonds. The molecule has 3 heterocycles. The molecule has 7 nitrogen and oxygen atoms in total. The van der Waals surface area contributed by atoms with E-state index in [0.29, 0.717) is 41.6 Å². The molecule has 156 valence electrons. The number of nitrogens with zero attached hydrogens (tertiary/aromatic N) is 5. The van der Waals surface area contributed by atoms with Gasteiger partial charge in [0.05, 0.1) is 11.6 Å². The molecular weight excluding hydrogens is 401 g/mol. The fourth-order valence-electron chi connectivity index (χ4n) is 3.73. The van der Waals surface area contributed by atoms with Gasteiger partial charge < -0.3 is 15.6 Å². The largest absolute Gasteiger partial charge is 0.382 e. The predicted octanol–water partition coefficient (Wildman–Crippen LogP) is 3.05. The lowest BCUT2D eigenvalue weighted by atomic mass is 10.0. The number of aryl methyl sites for hydroxylation is 2. The first kappa shape index (κ1) is 20.6. The standard InChI is InChI=1S/C21H24FN7S/c1-12(2)25-5-3-6-29-17(26-18-19(24)27-21(22)28-20(18)29)10-14-9-16-13(4-7-30-16)8-15(14)11-23/h8-9,12,25H,3-7,10H2,1-2H3,(H2,24,27,28). The van der Waals surface area contributed by atoms with E-state index in [0.717, 1.165) is 30.7 Å². The Morgan fingerprint density at radius 2 is 2.17 bits per heavy atom. The Morgan fingerprint density at radius 1 is 1.33 bits per heavy atom. The van der Waals surface area contributed by atoms with E-state index in [1.165, 1.54) is 10.5 Å². The molecular formula is C21H24FN7S. The van der Waals surface area contributed by atoms with Crippen molar-refractivity contribution in [1.82, 2.24) is 24.8 Å². The van der Waals surface area contributed by atoms with Crippen molar-refractivity contribution in [3.05, 3.63) is 40.7 Å². The zero-order valence-electron chi connectivity index (χ0n) is 17.1. The number of rotatable bonds is 7. The van der Waals surface area contributed by atoms with E-state index in [9.17, 15) is 9.65 Å². The molecule has 0 saturated carbocycles. The van der Waals surface area contributed by atoms with E-state index in [1.807, 2.05) is 22.4 Å². The lowest BCUT2D eigenvalue weighted by molar-refractivity contribution is 0.525. The van der Waals surface area contributed by atoms with Crippen molar-refractivity contribution in [2.75, 3.05) is 18.0 Å². The topological polar surface area (TPSA) is 105 Å². The van der Waals surface area contributed by atoms with Crippen LogP contribution in [0.5, 0.6) is 0 Å². The van der Waals surface area contributed by atoms with E-state index >= 15 is 0 Å². The van der Waals surface area contributed by atoms with E-state index in [1.54, 1.807) is 0 Å². The van der Waals surface area contributed by atoms with Crippen LogP contribution < -0.4 is 11.1 Å². The monoisotopic (exact) mass is 425 g/mol. The van der Waals surface area contributed by atoms with Gasteiger partial charge in [0.2, 0.25) is 0 Å². The lowest BCUT2D eigenvalue weighted by Crippen LogP contribution is -2.24. The summed E-state index contributed by atoms with van der Waals surface area (Å²) in [5, 5.41) is 13.0. The van der Waals surface area contributed by atoms with Crippen LogP contribution >= 0.6 is 11.8 Å². The smallest absolute Gasteiger partial charge is 0.312 e. The maximum atomic E-state index is 13.9. The number of nitriles is 1. The Kier molecular flexibility index (Phi) is 5.88. The summed E-state index contributed by atoms with van der Waals surface area (Å²) in [5.41, 5.74) is 9.51. The van der Waals surface area contributed by atoms with Crippen molar-refractivity contribution < 1.29 is 4.39 Å². The molecule has 0 fully saturated rings. The maximum Gasteiger partial charge on any atom is 0.312 e. The summed E-state index contributed by atoms with van der Waals surface area (Å²) in [6, 6.07) is 6.78. The highest BCUT2D eigenvalue weighted by Crippen LogP contribution is 2.34. The highest BCUT2D eigenvalue weighted by molar-refractivity contribution is 7.99. The number of nitrogens with two attached hydrogens (primary N) is 1. The van der Waals surface area contributed by atoms with Gasteiger partial charge in [0.1, 0.15) is 5.82 Å². The highest BCUT2D eigenvalue weighted by Gasteiger charge is 2.20. The van der Waals surface area contributed by atoms with E-state index in [2.05, 4.69) is 46.3 Å². The van der Waals surface area contributed by atoms with E-state index in [-0.39, 0.29) is 5.82 Å². The molecule has 0 unspecified atom stereocenters. The number of benzene rings is 1. The normalized spacial score (nSPS) is 13.2. The molecule has 0 aliphatic carbocycles. The summed E-state index contributed by atoms with van der Waals surface area (Å²) < 4.78 is 15.8. The minimum absolute atomic E-state index is 0.0304. The summed E-state index contributed by atoms with van der Waals surface area (Å²) in [5.74, 6) is 1.78. The highest BCUT2D eigenvalue weighted by atomic mass is 32.2. The van der Waals surface area contributed by atoms with Crippen molar-refractivity contribution in [2.24, 2.45) is 0 Å². The van der Waals surface area contributed by atoms with Gasteiger partial charge in [-0.15, -0.1) is 11.8 Å². The number of hydrogen-bond acceptors (Lipinski definition) is 7. The Bertz CT molecular complexity index is 1130. The molecule has 0 atom stereocenters. The van der Waals surface area contributed by atoms with Gasteiger partial charge >= 0.3 is 6.08 Å². The Morgan fingerprint density at radius 3 is 2.93 bits per heavy atom. The molecule has 3 N–H and O–H groups in total. The molecule has 0 spiro atoms. The third-order valence-corrected chi connectivity index (χ3v) is 6.27. The molecule has 1 aromatic carbocycles. The van der Waals surface area contributed by atoms with Crippen LogP contribution in [0.4, 0.5) is 10.2 Å². The number of imidazole rings is 1. The van der Waals surface area contributed by atoms with Gasteiger partial charge in [-0.3, -0.25) is 0 Å². The van der Waals surface area contributed by atoms with Crippen LogP contribution in [0.1, 0.15) is 42.8 Å². The number of aromatic nitrogens is 4. The zero-order valence-corrected chi connectivity index (χ0v) is 17.9. The lowest BCUT2D eigenvalue weighted by Gasteiger charge is -2.12. The summed E-state index contributed by atoms with van der Waals surface area (Å²) in [7, 11) is 0. The maximum absolute atomic E-state index is 13.9. The van der Waals surface area contributed by atoms with Gasteiger partial charge in [-0.25, -0.2) is 4.98 Å². The first-order valence-corrected chi connectivity index (χ1v) is 11.0. The molecule has 1 aliphatic heterocycles. The van der Waals surface area contributed by atoms with Crippen LogP contribution in [0.25, 0.3) is 11.2 Å². The molecule has 4 rings (SSSR count). The minimum Gasteiger partial charge on any atom is -0.382 e. The zero-order chi connectivity index (χ0) is 21.3. The van der Waals surface area contributed by atoms with Crippen molar-refractivity contribution in [1.29, 1.82) is 5.26 Å². The third-order valence-electron chi connectivity index (χ3n) is 5.17. The summed E-state index contributed by atoms with van der Waals surface area (Å²) >= 11 is 1.81. The van der Waals surface area contributed by atoms with Crippen LogP contribution in [0.15, 0.2) is 17.0 Å². The van der Waals surface area contributed by atoms with Crippen LogP contribution in [0, 0.1) is 17.4 Å². The Balaban J connectivity index is 1.72. The summed E-state index contributed by atoms with van der Waals surface area (Å²) in [6.45, 7) is 5.62. The summed E-state index contributed by atoms with van der Waals surface area (Å²) in [6.07, 6.45) is 1.40. The van der Waals surface area contributed by atoms with Crippen LogP contribution in [-0.2, 0) is 19.4 Å². The third kappa shape index (κ3) is 4.11. The van der Waals surface area contributed by atoms with Crippen molar-refractivity contribution in [3.63, 3.8) is 0 Å². The number of halogens is 1. The van der Waals surface area contributed by atoms with Gasteiger partial charge in [0.15, 0.2) is 17.0 Å². The number of nitrogens with one attached hydrogen (secondary N) is 1. The first-order valence-electron chi connectivity index (χ1n) is 10.1. The Labute approximate surface area is 178 Å². The number of hydrogen-bond donors (Lipinski definition) is 2. The van der Waals surface area contributed by atoms with Gasteiger partial charge in [0, 0.05) is 29.7 Å². The first-order chi connectivity index (χ1) is 14.5. The van der Waals surface area contributed by atoms with E-state index in [4.69, 9.17) is 5.73 Å².